The summed E-state index contributed by atoms with van der Waals surface area (Å²) in [6, 6.07) is 19.9. The number of hydrogen-bond acceptors (Lipinski definition) is 7. The number of carbonyl (C=O) groups is 1. The zero-order valence-corrected chi connectivity index (χ0v) is 25.0. The highest BCUT2D eigenvalue weighted by Gasteiger charge is 2.16. The van der Waals surface area contributed by atoms with E-state index in [4.69, 9.17) is 24.2 Å². The molecule has 0 aliphatic heterocycles. The first-order valence-corrected chi connectivity index (χ1v) is 14.4. The number of rotatable bonds is 12. The van der Waals surface area contributed by atoms with Gasteiger partial charge in [-0.15, -0.1) is 0 Å². The average Bonchev–Trinajstić information content (AvgIpc) is 3.56. The number of hydrogen-bond donors (Lipinski definition) is 2. The van der Waals surface area contributed by atoms with Crippen LogP contribution < -0.4 is 9.47 Å². The van der Waals surface area contributed by atoms with Crippen molar-refractivity contribution in [3.8, 4) is 34.3 Å². The van der Waals surface area contributed by atoms with Crippen LogP contribution in [0.3, 0.4) is 0 Å². The topological polar surface area (TPSA) is 105 Å². The number of ether oxygens (including phenoxy) is 3. The largest absolute Gasteiger partial charge is 0.494 e. The third-order valence-electron chi connectivity index (χ3n) is 6.57. The summed E-state index contributed by atoms with van der Waals surface area (Å²) < 4.78 is 17.1. The fraction of sp³-hybridized carbons (Fsp3) is 0.364. The van der Waals surface area contributed by atoms with Crippen LogP contribution in [0.2, 0.25) is 0 Å². The van der Waals surface area contributed by atoms with E-state index in [1.165, 1.54) is 0 Å². The predicted octanol–water partition coefficient (Wildman–Crippen LogP) is 6.60. The van der Waals surface area contributed by atoms with Crippen molar-refractivity contribution in [1.29, 1.82) is 0 Å². The SMILES string of the molecule is CN(C)CCCOc1ccc2nc(-c3ccc(-c4nc5ccc(OCCCC(=O)OC(C)(C)C)cc5[nH]4)cc3)[nH]c2c1. The van der Waals surface area contributed by atoms with Crippen molar-refractivity contribution in [1.82, 2.24) is 24.8 Å². The van der Waals surface area contributed by atoms with Gasteiger partial charge in [0.1, 0.15) is 28.7 Å². The fourth-order valence-corrected chi connectivity index (χ4v) is 4.59. The number of aromatic nitrogens is 4. The Labute approximate surface area is 246 Å². The first kappa shape index (κ1) is 29.1. The number of imidazole rings is 2. The Balaban J connectivity index is 1.20. The van der Waals surface area contributed by atoms with E-state index in [-0.39, 0.29) is 5.97 Å². The Morgan fingerprint density at radius 2 is 1.26 bits per heavy atom. The minimum absolute atomic E-state index is 0.212. The number of nitrogens with one attached hydrogen (secondary N) is 2. The summed E-state index contributed by atoms with van der Waals surface area (Å²) in [5.74, 6) is 2.94. The molecule has 0 amide bonds. The molecule has 42 heavy (non-hydrogen) atoms. The number of benzene rings is 3. The van der Waals surface area contributed by atoms with Gasteiger partial charge in [-0.1, -0.05) is 24.3 Å². The van der Waals surface area contributed by atoms with Gasteiger partial charge in [0.2, 0.25) is 0 Å². The molecule has 0 saturated carbocycles. The van der Waals surface area contributed by atoms with Gasteiger partial charge in [0.25, 0.3) is 0 Å². The minimum Gasteiger partial charge on any atom is -0.494 e. The second-order valence-corrected chi connectivity index (χ2v) is 11.6. The van der Waals surface area contributed by atoms with Crippen molar-refractivity contribution in [2.75, 3.05) is 33.9 Å². The van der Waals surface area contributed by atoms with Crippen molar-refractivity contribution < 1.29 is 19.0 Å². The molecule has 0 aliphatic rings. The van der Waals surface area contributed by atoms with Gasteiger partial charge in [-0.05, 0) is 72.0 Å². The van der Waals surface area contributed by atoms with Gasteiger partial charge < -0.3 is 29.1 Å². The highest BCUT2D eigenvalue weighted by atomic mass is 16.6. The highest BCUT2D eigenvalue weighted by Crippen LogP contribution is 2.28. The summed E-state index contributed by atoms with van der Waals surface area (Å²) in [5, 5.41) is 0. The normalized spacial score (nSPS) is 11.9. The molecular weight excluding hydrogens is 530 g/mol. The van der Waals surface area contributed by atoms with E-state index in [0.717, 1.165) is 69.3 Å². The Bertz CT molecular complexity index is 1650. The summed E-state index contributed by atoms with van der Waals surface area (Å²) in [6.45, 7) is 7.70. The number of nitrogens with zero attached hydrogens (tertiary/aromatic N) is 3. The fourth-order valence-electron chi connectivity index (χ4n) is 4.59. The smallest absolute Gasteiger partial charge is 0.306 e. The summed E-state index contributed by atoms with van der Waals surface area (Å²) >= 11 is 0. The van der Waals surface area contributed by atoms with E-state index in [9.17, 15) is 4.79 Å². The minimum atomic E-state index is -0.472. The maximum absolute atomic E-state index is 11.9. The van der Waals surface area contributed by atoms with Crippen molar-refractivity contribution in [3.63, 3.8) is 0 Å². The van der Waals surface area contributed by atoms with Crippen molar-refractivity contribution in [2.45, 2.75) is 45.6 Å². The Kier molecular flexibility index (Phi) is 8.77. The predicted molar refractivity (Wildman–Crippen MR) is 166 cm³/mol. The van der Waals surface area contributed by atoms with E-state index in [1.54, 1.807) is 0 Å². The van der Waals surface area contributed by atoms with Crippen LogP contribution in [0.4, 0.5) is 0 Å². The zero-order chi connectivity index (χ0) is 29.7. The van der Waals surface area contributed by atoms with Crippen molar-refractivity contribution in [3.05, 3.63) is 60.7 Å². The molecule has 0 unspecified atom stereocenters. The molecule has 0 bridgehead atoms. The van der Waals surface area contributed by atoms with E-state index >= 15 is 0 Å². The Hall–Kier alpha value is -4.37. The van der Waals surface area contributed by atoms with Gasteiger partial charge in [-0.25, -0.2) is 9.97 Å². The zero-order valence-electron chi connectivity index (χ0n) is 25.0. The van der Waals surface area contributed by atoms with Crippen LogP contribution in [0.25, 0.3) is 44.8 Å². The summed E-state index contributed by atoms with van der Waals surface area (Å²) in [5.41, 5.74) is 5.07. The van der Waals surface area contributed by atoms with Gasteiger partial charge in [0, 0.05) is 36.2 Å². The summed E-state index contributed by atoms with van der Waals surface area (Å²) in [4.78, 5) is 30.4. The number of fused-ring (bicyclic) bond motifs is 2. The lowest BCUT2D eigenvalue weighted by atomic mass is 10.1. The van der Waals surface area contributed by atoms with Crippen LogP contribution in [-0.2, 0) is 9.53 Å². The number of carbonyl (C=O) groups excluding carboxylic acids is 1. The van der Waals surface area contributed by atoms with Crippen LogP contribution >= 0.6 is 0 Å². The van der Waals surface area contributed by atoms with E-state index < -0.39 is 5.60 Å². The summed E-state index contributed by atoms with van der Waals surface area (Å²) in [6.07, 6.45) is 1.89. The Morgan fingerprint density at radius 3 is 1.74 bits per heavy atom. The molecule has 2 aromatic heterocycles. The molecule has 5 aromatic rings. The molecule has 3 aromatic carbocycles. The lowest BCUT2D eigenvalue weighted by Gasteiger charge is -2.19. The van der Waals surface area contributed by atoms with Crippen molar-refractivity contribution >= 4 is 28.0 Å². The number of H-pyrrole nitrogens is 2. The molecule has 0 atom stereocenters. The van der Waals surface area contributed by atoms with Gasteiger partial charge in [0.05, 0.1) is 35.3 Å². The molecule has 5 rings (SSSR count). The lowest BCUT2D eigenvalue weighted by Crippen LogP contribution is -2.23. The second-order valence-electron chi connectivity index (χ2n) is 11.6. The first-order chi connectivity index (χ1) is 20.1. The highest BCUT2D eigenvalue weighted by molar-refractivity contribution is 5.82. The molecule has 2 heterocycles. The summed E-state index contributed by atoms with van der Waals surface area (Å²) in [7, 11) is 4.13. The molecular formula is C33H39N5O4. The monoisotopic (exact) mass is 569 g/mol. The van der Waals surface area contributed by atoms with Gasteiger partial charge in [0.15, 0.2) is 0 Å². The quantitative estimate of drug-likeness (QED) is 0.129. The van der Waals surface area contributed by atoms with Gasteiger partial charge >= 0.3 is 5.97 Å². The molecule has 0 radical (unpaired) electrons. The number of aromatic amines is 2. The average molecular weight is 570 g/mol. The van der Waals surface area contributed by atoms with Crippen LogP contribution in [0.1, 0.15) is 40.0 Å². The van der Waals surface area contributed by atoms with E-state index in [2.05, 4.69) is 29.0 Å². The van der Waals surface area contributed by atoms with E-state index in [1.807, 2.05) is 81.4 Å². The number of esters is 1. The molecule has 0 saturated heterocycles. The maximum atomic E-state index is 11.9. The molecule has 2 N–H and O–H groups in total. The van der Waals surface area contributed by atoms with Gasteiger partial charge in [-0.3, -0.25) is 4.79 Å². The third kappa shape index (κ3) is 7.67. The molecule has 0 aliphatic carbocycles. The molecule has 9 nitrogen and oxygen atoms in total. The van der Waals surface area contributed by atoms with Crippen LogP contribution in [-0.4, -0.2) is 70.3 Å². The van der Waals surface area contributed by atoms with Crippen LogP contribution in [0, 0.1) is 0 Å². The second kappa shape index (κ2) is 12.7. The molecule has 0 fully saturated rings. The van der Waals surface area contributed by atoms with Crippen LogP contribution in [0.15, 0.2) is 60.7 Å². The molecule has 220 valence electrons. The molecule has 0 spiro atoms. The first-order valence-electron chi connectivity index (χ1n) is 14.4. The van der Waals surface area contributed by atoms with E-state index in [0.29, 0.717) is 26.1 Å². The standard InChI is InChI=1S/C33H39N5O4/c1-33(2,3)42-30(39)8-6-18-40-24-13-15-26-28(20-24)36-31(34-26)22-9-11-23(12-10-22)32-35-27-16-14-25(21-29(27)37-32)41-19-7-17-38(4)5/h9-16,20-21H,6-8,17-19H2,1-5H3,(H,34,36)(H,35,37). The molecule has 9 heteroatoms. The lowest BCUT2D eigenvalue weighted by molar-refractivity contribution is -0.155. The third-order valence-corrected chi connectivity index (χ3v) is 6.57. The van der Waals surface area contributed by atoms with Crippen molar-refractivity contribution in [2.24, 2.45) is 0 Å². The van der Waals surface area contributed by atoms with Gasteiger partial charge in [-0.2, -0.15) is 0 Å². The van der Waals surface area contributed by atoms with Crippen LogP contribution in [0.5, 0.6) is 11.5 Å². The Morgan fingerprint density at radius 1 is 0.762 bits per heavy atom. The maximum Gasteiger partial charge on any atom is 0.306 e.